The number of rotatable bonds is 5. The fourth-order valence-corrected chi connectivity index (χ4v) is 1.85. The molecule has 0 bridgehead atoms. The average molecular weight is 275 g/mol. The molecule has 0 radical (unpaired) electrons. The Morgan fingerprint density at radius 1 is 1.25 bits per heavy atom. The topological polar surface area (TPSA) is 105 Å². The van der Waals surface area contributed by atoms with Crippen LogP contribution in [0.2, 0.25) is 0 Å². The number of hydrogen-bond donors (Lipinski definition) is 2. The number of nitrogens with zero attached hydrogens (tertiary/aromatic N) is 3. The molecule has 7 heteroatoms. The van der Waals surface area contributed by atoms with Crippen molar-refractivity contribution in [3.8, 4) is 0 Å². The van der Waals surface area contributed by atoms with E-state index < -0.39 is 18.0 Å². The molecular formula is C13H13N3O4. The molecule has 1 heterocycles. The van der Waals surface area contributed by atoms with Crippen LogP contribution < -0.4 is 0 Å². The summed E-state index contributed by atoms with van der Waals surface area (Å²) in [6.07, 6.45) is 0.257. The highest BCUT2D eigenvalue weighted by Gasteiger charge is 2.25. The van der Waals surface area contributed by atoms with E-state index in [0.29, 0.717) is 0 Å². The zero-order valence-electron chi connectivity index (χ0n) is 10.7. The van der Waals surface area contributed by atoms with Gasteiger partial charge in [-0.05, 0) is 12.5 Å². The van der Waals surface area contributed by atoms with Gasteiger partial charge in [-0.1, -0.05) is 35.5 Å². The highest BCUT2D eigenvalue weighted by Crippen LogP contribution is 2.17. The predicted molar refractivity (Wildman–Crippen MR) is 68.6 cm³/mol. The minimum Gasteiger partial charge on any atom is -0.480 e. The van der Waals surface area contributed by atoms with Gasteiger partial charge in [0.25, 0.3) is 0 Å². The molecule has 0 aliphatic carbocycles. The molecule has 1 aromatic carbocycles. The van der Waals surface area contributed by atoms with Crippen LogP contribution in [0.25, 0.3) is 0 Å². The quantitative estimate of drug-likeness (QED) is 0.849. The summed E-state index contributed by atoms with van der Waals surface area (Å²) in [5.74, 6) is -2.32. The molecule has 1 unspecified atom stereocenters. The lowest BCUT2D eigenvalue weighted by Crippen LogP contribution is -2.20. The minimum absolute atomic E-state index is 0.220. The number of hydrogen-bond acceptors (Lipinski definition) is 4. The Bertz CT molecular complexity index is 636. The van der Waals surface area contributed by atoms with Gasteiger partial charge in [-0.3, -0.25) is 0 Å². The van der Waals surface area contributed by atoms with Crippen molar-refractivity contribution in [3.63, 3.8) is 0 Å². The third-order valence-electron chi connectivity index (χ3n) is 2.93. The molecular weight excluding hydrogens is 262 g/mol. The number of aromatic nitrogens is 3. The maximum Gasteiger partial charge on any atom is 0.358 e. The largest absolute Gasteiger partial charge is 0.480 e. The van der Waals surface area contributed by atoms with E-state index in [-0.39, 0.29) is 17.8 Å². The first kappa shape index (κ1) is 13.7. The van der Waals surface area contributed by atoms with Crippen LogP contribution in [-0.2, 0) is 11.2 Å². The van der Waals surface area contributed by atoms with E-state index in [4.69, 9.17) is 10.2 Å². The maximum absolute atomic E-state index is 11.2. The van der Waals surface area contributed by atoms with Crippen molar-refractivity contribution in [3.05, 3.63) is 47.3 Å². The van der Waals surface area contributed by atoms with Gasteiger partial charge in [0, 0.05) is 6.42 Å². The van der Waals surface area contributed by atoms with Crippen LogP contribution in [0.3, 0.4) is 0 Å². The second kappa shape index (κ2) is 5.52. The standard InChI is InChI=1S/C13H13N3O4/c1-8(12(17)18)16-10(11(13(19)20)14-15-16)7-9-5-3-2-4-6-9/h2-6,8H,7H2,1H3,(H,17,18)(H,19,20). The van der Waals surface area contributed by atoms with Crippen LogP contribution >= 0.6 is 0 Å². The third-order valence-corrected chi connectivity index (χ3v) is 2.93. The van der Waals surface area contributed by atoms with Gasteiger partial charge in [-0.2, -0.15) is 0 Å². The van der Waals surface area contributed by atoms with Crippen molar-refractivity contribution in [2.75, 3.05) is 0 Å². The summed E-state index contributed by atoms with van der Waals surface area (Å²) in [6.45, 7) is 1.43. The molecule has 0 fully saturated rings. The molecule has 0 spiro atoms. The lowest BCUT2D eigenvalue weighted by atomic mass is 10.1. The van der Waals surface area contributed by atoms with E-state index in [1.807, 2.05) is 30.3 Å². The van der Waals surface area contributed by atoms with Gasteiger partial charge in [0.2, 0.25) is 0 Å². The Morgan fingerprint density at radius 2 is 1.90 bits per heavy atom. The van der Waals surface area contributed by atoms with Crippen LogP contribution in [0, 0.1) is 0 Å². The Labute approximate surface area is 114 Å². The van der Waals surface area contributed by atoms with Crippen LogP contribution in [0.4, 0.5) is 0 Å². The fraction of sp³-hybridized carbons (Fsp3) is 0.231. The summed E-state index contributed by atoms with van der Waals surface area (Å²) in [5, 5.41) is 25.4. The Morgan fingerprint density at radius 3 is 2.45 bits per heavy atom. The average Bonchev–Trinajstić information content (AvgIpc) is 2.82. The summed E-state index contributed by atoms with van der Waals surface area (Å²) in [6, 6.07) is 8.17. The number of carboxylic acid groups (broad SMARTS) is 2. The van der Waals surface area contributed by atoms with Gasteiger partial charge in [0.1, 0.15) is 6.04 Å². The number of aliphatic carboxylic acids is 1. The van der Waals surface area contributed by atoms with Crippen molar-refractivity contribution >= 4 is 11.9 Å². The lowest BCUT2D eigenvalue weighted by molar-refractivity contribution is -0.140. The van der Waals surface area contributed by atoms with E-state index in [1.165, 1.54) is 6.92 Å². The number of carboxylic acids is 2. The first-order chi connectivity index (χ1) is 9.50. The highest BCUT2D eigenvalue weighted by atomic mass is 16.4. The van der Waals surface area contributed by atoms with Gasteiger partial charge in [-0.25, -0.2) is 14.3 Å². The minimum atomic E-state index is -1.22. The van der Waals surface area contributed by atoms with Crippen LogP contribution in [-0.4, -0.2) is 37.1 Å². The SMILES string of the molecule is CC(C(=O)O)n1nnc(C(=O)O)c1Cc1ccccc1. The van der Waals surface area contributed by atoms with Crippen molar-refractivity contribution in [2.45, 2.75) is 19.4 Å². The zero-order chi connectivity index (χ0) is 14.7. The molecule has 2 aromatic rings. The van der Waals surface area contributed by atoms with Crippen LogP contribution in [0.1, 0.15) is 34.7 Å². The summed E-state index contributed by atoms with van der Waals surface area (Å²) in [4.78, 5) is 22.2. The van der Waals surface area contributed by atoms with Crippen LogP contribution in [0.15, 0.2) is 30.3 Å². The second-order valence-electron chi connectivity index (χ2n) is 4.31. The summed E-state index contributed by atoms with van der Waals surface area (Å²) in [7, 11) is 0. The van der Waals surface area contributed by atoms with E-state index in [1.54, 1.807) is 0 Å². The van der Waals surface area contributed by atoms with Crippen LogP contribution in [0.5, 0.6) is 0 Å². The number of carbonyl (C=O) groups is 2. The molecule has 104 valence electrons. The molecule has 2 rings (SSSR count). The molecule has 20 heavy (non-hydrogen) atoms. The number of benzene rings is 1. The molecule has 0 aliphatic heterocycles. The van der Waals surface area contributed by atoms with E-state index in [0.717, 1.165) is 10.2 Å². The third kappa shape index (κ3) is 2.66. The Balaban J connectivity index is 2.45. The smallest absolute Gasteiger partial charge is 0.358 e. The van der Waals surface area contributed by atoms with E-state index >= 15 is 0 Å². The van der Waals surface area contributed by atoms with E-state index in [2.05, 4.69) is 10.3 Å². The van der Waals surface area contributed by atoms with Crippen molar-refractivity contribution in [1.29, 1.82) is 0 Å². The lowest BCUT2D eigenvalue weighted by Gasteiger charge is -2.10. The summed E-state index contributed by atoms with van der Waals surface area (Å²) < 4.78 is 1.14. The molecule has 1 aromatic heterocycles. The molecule has 0 saturated heterocycles. The first-order valence-corrected chi connectivity index (χ1v) is 5.94. The molecule has 1 atom stereocenters. The molecule has 0 amide bonds. The second-order valence-corrected chi connectivity index (χ2v) is 4.31. The maximum atomic E-state index is 11.2. The van der Waals surface area contributed by atoms with Gasteiger partial charge in [0.05, 0.1) is 5.69 Å². The molecule has 0 saturated carbocycles. The monoisotopic (exact) mass is 275 g/mol. The zero-order valence-corrected chi connectivity index (χ0v) is 10.7. The van der Waals surface area contributed by atoms with Crippen molar-refractivity contribution in [1.82, 2.24) is 15.0 Å². The van der Waals surface area contributed by atoms with Crippen molar-refractivity contribution in [2.24, 2.45) is 0 Å². The fourth-order valence-electron chi connectivity index (χ4n) is 1.85. The molecule has 0 aliphatic rings. The van der Waals surface area contributed by atoms with Gasteiger partial charge < -0.3 is 10.2 Å². The molecule has 7 nitrogen and oxygen atoms in total. The van der Waals surface area contributed by atoms with Crippen molar-refractivity contribution < 1.29 is 19.8 Å². The Kier molecular flexibility index (Phi) is 3.79. The van der Waals surface area contributed by atoms with E-state index in [9.17, 15) is 9.59 Å². The first-order valence-electron chi connectivity index (χ1n) is 5.94. The van der Waals surface area contributed by atoms with Gasteiger partial charge in [0.15, 0.2) is 5.69 Å². The van der Waals surface area contributed by atoms with Gasteiger partial charge in [-0.15, -0.1) is 5.10 Å². The molecule has 2 N–H and O–H groups in total. The number of aromatic carboxylic acids is 1. The summed E-state index contributed by atoms with van der Waals surface area (Å²) >= 11 is 0. The normalized spacial score (nSPS) is 12.1. The Hall–Kier alpha value is -2.70. The predicted octanol–water partition coefficient (Wildman–Crippen LogP) is 1.21. The summed E-state index contributed by atoms with van der Waals surface area (Å²) in [5.41, 5.74) is 0.914. The van der Waals surface area contributed by atoms with Gasteiger partial charge >= 0.3 is 11.9 Å². The highest BCUT2D eigenvalue weighted by molar-refractivity contribution is 5.86.